The van der Waals surface area contributed by atoms with Crippen LogP contribution in [-0.4, -0.2) is 0 Å². The zero-order chi connectivity index (χ0) is 15.9. The maximum absolute atomic E-state index is 2.33. The Morgan fingerprint density at radius 1 is 0.375 bits per heavy atom. The Morgan fingerprint density at radius 2 is 0.958 bits per heavy atom. The molecule has 5 aromatic rings. The molecule has 0 aliphatic carbocycles. The fraction of sp³-hybridized carbons (Fsp3) is 0. The van der Waals surface area contributed by atoms with Gasteiger partial charge < -0.3 is 0 Å². The van der Waals surface area contributed by atoms with E-state index in [0.29, 0.717) is 0 Å². The van der Waals surface area contributed by atoms with E-state index in [1.165, 1.54) is 43.4 Å². The van der Waals surface area contributed by atoms with Gasteiger partial charge in [-0.2, -0.15) is 0 Å². The Labute approximate surface area is 141 Å². The maximum atomic E-state index is 2.33. The molecule has 5 aromatic carbocycles. The van der Waals surface area contributed by atoms with Crippen molar-refractivity contribution in [1.82, 2.24) is 0 Å². The van der Waals surface area contributed by atoms with Crippen molar-refractivity contribution in [1.29, 1.82) is 0 Å². The summed E-state index contributed by atoms with van der Waals surface area (Å²) in [5.74, 6) is 0. The Morgan fingerprint density at radius 3 is 1.71 bits per heavy atom. The second kappa shape index (κ2) is 5.21. The van der Waals surface area contributed by atoms with Gasteiger partial charge in [-0.3, -0.25) is 0 Å². The summed E-state index contributed by atoms with van der Waals surface area (Å²) in [6.45, 7) is 0. The largest absolute Gasteiger partial charge is 0.0622 e. The molecule has 0 atom stereocenters. The minimum absolute atomic E-state index is 1.27. The monoisotopic (exact) mass is 304 g/mol. The summed E-state index contributed by atoms with van der Waals surface area (Å²) in [5.41, 5.74) is 2.57. The Balaban J connectivity index is 2.01. The first kappa shape index (κ1) is 13.3. The zero-order valence-electron chi connectivity index (χ0n) is 13.2. The van der Waals surface area contributed by atoms with Gasteiger partial charge in [0.25, 0.3) is 0 Å². The standard InChI is InChI=1S/C24H16/c1-2-8-17(9-3-1)22-16-20-12-6-7-13-21(20)23-14-18-10-4-5-11-19(18)15-24(22)23/h1-16H. The van der Waals surface area contributed by atoms with Crippen molar-refractivity contribution in [2.24, 2.45) is 0 Å². The molecule has 0 heterocycles. The molecule has 0 bridgehead atoms. The first-order valence-corrected chi connectivity index (χ1v) is 8.30. The van der Waals surface area contributed by atoms with Crippen LogP contribution in [0.3, 0.4) is 0 Å². The molecule has 112 valence electrons. The number of hydrogen-bond donors (Lipinski definition) is 0. The highest BCUT2D eigenvalue weighted by Crippen LogP contribution is 2.37. The quantitative estimate of drug-likeness (QED) is 0.235. The lowest BCUT2D eigenvalue weighted by molar-refractivity contribution is 1.67. The van der Waals surface area contributed by atoms with E-state index in [0.717, 1.165) is 0 Å². The van der Waals surface area contributed by atoms with Gasteiger partial charge in [-0.15, -0.1) is 0 Å². The van der Waals surface area contributed by atoms with Gasteiger partial charge >= 0.3 is 0 Å². The van der Waals surface area contributed by atoms with E-state index in [9.17, 15) is 0 Å². The highest BCUT2D eigenvalue weighted by Gasteiger charge is 2.09. The van der Waals surface area contributed by atoms with Crippen LogP contribution in [0.2, 0.25) is 0 Å². The normalized spacial score (nSPS) is 11.3. The number of rotatable bonds is 1. The van der Waals surface area contributed by atoms with E-state index in [1.807, 2.05) is 0 Å². The SMILES string of the molecule is c1ccc(-c2cc3ccccc3c3cc4ccccc4cc23)cc1. The zero-order valence-corrected chi connectivity index (χ0v) is 13.2. The lowest BCUT2D eigenvalue weighted by atomic mass is 9.91. The van der Waals surface area contributed by atoms with Crippen molar-refractivity contribution < 1.29 is 0 Å². The topological polar surface area (TPSA) is 0 Å². The number of hydrogen-bond acceptors (Lipinski definition) is 0. The second-order valence-corrected chi connectivity index (χ2v) is 6.26. The molecule has 0 aliphatic rings. The molecule has 0 saturated heterocycles. The van der Waals surface area contributed by atoms with Crippen LogP contribution in [0.1, 0.15) is 0 Å². The fourth-order valence-corrected chi connectivity index (χ4v) is 3.64. The van der Waals surface area contributed by atoms with Gasteiger partial charge in [0, 0.05) is 0 Å². The molecule has 0 aliphatic heterocycles. The summed E-state index contributed by atoms with van der Waals surface area (Å²) in [6, 6.07) is 34.9. The van der Waals surface area contributed by atoms with Crippen molar-refractivity contribution >= 4 is 32.3 Å². The number of fused-ring (bicyclic) bond motifs is 4. The Bertz CT molecular complexity index is 1180. The van der Waals surface area contributed by atoms with Gasteiger partial charge in [-0.05, 0) is 61.6 Å². The average Bonchev–Trinajstić information content (AvgIpc) is 2.66. The summed E-state index contributed by atoms with van der Waals surface area (Å²) < 4.78 is 0. The first-order valence-electron chi connectivity index (χ1n) is 8.30. The van der Waals surface area contributed by atoms with Gasteiger partial charge in [0.15, 0.2) is 0 Å². The van der Waals surface area contributed by atoms with Crippen LogP contribution in [0.5, 0.6) is 0 Å². The van der Waals surface area contributed by atoms with Crippen LogP contribution in [0.25, 0.3) is 43.4 Å². The lowest BCUT2D eigenvalue weighted by Gasteiger charge is -2.12. The van der Waals surface area contributed by atoms with Gasteiger partial charge in [0.2, 0.25) is 0 Å². The fourth-order valence-electron chi connectivity index (χ4n) is 3.64. The summed E-state index contributed by atoms with van der Waals surface area (Å²) in [4.78, 5) is 0. The van der Waals surface area contributed by atoms with Crippen molar-refractivity contribution in [3.05, 3.63) is 97.1 Å². The molecule has 0 N–H and O–H groups in total. The Hall–Kier alpha value is -3.12. The molecule has 0 heteroatoms. The van der Waals surface area contributed by atoms with E-state index in [-0.39, 0.29) is 0 Å². The lowest BCUT2D eigenvalue weighted by Crippen LogP contribution is -1.85. The summed E-state index contributed by atoms with van der Waals surface area (Å²) >= 11 is 0. The van der Waals surface area contributed by atoms with E-state index in [1.54, 1.807) is 0 Å². The number of benzene rings is 5. The molecular formula is C24H16. The third-order valence-corrected chi connectivity index (χ3v) is 4.81. The summed E-state index contributed by atoms with van der Waals surface area (Å²) in [7, 11) is 0. The van der Waals surface area contributed by atoms with Gasteiger partial charge in [-0.1, -0.05) is 78.9 Å². The van der Waals surface area contributed by atoms with E-state index >= 15 is 0 Å². The summed E-state index contributed by atoms with van der Waals surface area (Å²) in [5, 5.41) is 7.83. The van der Waals surface area contributed by atoms with Crippen molar-refractivity contribution in [2.45, 2.75) is 0 Å². The Kier molecular flexibility index (Phi) is 2.89. The van der Waals surface area contributed by atoms with Gasteiger partial charge in [0.1, 0.15) is 0 Å². The van der Waals surface area contributed by atoms with Crippen LogP contribution >= 0.6 is 0 Å². The highest BCUT2D eigenvalue weighted by molar-refractivity contribution is 6.17. The van der Waals surface area contributed by atoms with Crippen molar-refractivity contribution in [2.75, 3.05) is 0 Å². The van der Waals surface area contributed by atoms with Crippen LogP contribution in [0.4, 0.5) is 0 Å². The molecule has 0 saturated carbocycles. The minimum atomic E-state index is 1.27. The minimum Gasteiger partial charge on any atom is -0.0622 e. The molecular weight excluding hydrogens is 288 g/mol. The molecule has 0 amide bonds. The molecule has 5 rings (SSSR count). The third-order valence-electron chi connectivity index (χ3n) is 4.81. The smallest absolute Gasteiger partial charge is 0.00926 e. The molecule has 0 nitrogen and oxygen atoms in total. The molecule has 0 unspecified atom stereocenters. The van der Waals surface area contributed by atoms with Gasteiger partial charge in [0.05, 0.1) is 0 Å². The molecule has 0 radical (unpaired) electrons. The molecule has 0 fully saturated rings. The van der Waals surface area contributed by atoms with Crippen molar-refractivity contribution in [3.8, 4) is 11.1 Å². The third kappa shape index (κ3) is 2.00. The van der Waals surface area contributed by atoms with Crippen LogP contribution in [0.15, 0.2) is 97.1 Å². The van der Waals surface area contributed by atoms with Crippen LogP contribution in [-0.2, 0) is 0 Å². The van der Waals surface area contributed by atoms with E-state index < -0.39 is 0 Å². The average molecular weight is 304 g/mol. The van der Waals surface area contributed by atoms with Gasteiger partial charge in [-0.25, -0.2) is 0 Å². The molecule has 0 aromatic heterocycles. The van der Waals surface area contributed by atoms with Crippen molar-refractivity contribution in [3.63, 3.8) is 0 Å². The maximum Gasteiger partial charge on any atom is -0.00926 e. The van der Waals surface area contributed by atoms with E-state index in [4.69, 9.17) is 0 Å². The predicted octanol–water partition coefficient (Wildman–Crippen LogP) is 6.81. The van der Waals surface area contributed by atoms with Crippen LogP contribution in [0, 0.1) is 0 Å². The molecule has 24 heavy (non-hydrogen) atoms. The summed E-state index contributed by atoms with van der Waals surface area (Å²) in [6.07, 6.45) is 0. The second-order valence-electron chi connectivity index (χ2n) is 6.26. The van der Waals surface area contributed by atoms with Crippen LogP contribution < -0.4 is 0 Å². The molecule has 0 spiro atoms. The highest BCUT2D eigenvalue weighted by atomic mass is 14.1. The predicted molar refractivity (Wildman–Crippen MR) is 104 cm³/mol. The first-order chi connectivity index (χ1) is 11.9. The van der Waals surface area contributed by atoms with E-state index in [2.05, 4.69) is 97.1 Å².